The van der Waals surface area contributed by atoms with Crippen LogP contribution in [-0.4, -0.2) is 26.3 Å². The van der Waals surface area contributed by atoms with Gasteiger partial charge in [-0.25, -0.2) is 4.79 Å². The number of hydrogen-bond acceptors (Lipinski definition) is 6. The predicted octanol–water partition coefficient (Wildman–Crippen LogP) is 1.07. The molecule has 2 rings (SSSR count). The van der Waals surface area contributed by atoms with E-state index in [4.69, 9.17) is 4.74 Å². The fraction of sp³-hybridized carbons (Fsp3) is 0.100. The van der Waals surface area contributed by atoms with Crippen LogP contribution in [0.25, 0.3) is 0 Å². The van der Waals surface area contributed by atoms with Crippen molar-refractivity contribution < 1.29 is 14.5 Å². The molecule has 0 fully saturated rings. The highest BCUT2D eigenvalue weighted by molar-refractivity contribution is 5.90. The van der Waals surface area contributed by atoms with Gasteiger partial charge in [0.2, 0.25) is 0 Å². The van der Waals surface area contributed by atoms with Crippen LogP contribution in [0.15, 0.2) is 30.3 Å². The van der Waals surface area contributed by atoms with E-state index in [1.807, 2.05) is 11.2 Å². The highest BCUT2D eigenvalue weighted by Crippen LogP contribution is 2.13. The van der Waals surface area contributed by atoms with Gasteiger partial charge in [-0.1, -0.05) is 35.4 Å². The molecule has 0 bridgehead atoms. The van der Waals surface area contributed by atoms with Crippen molar-refractivity contribution in [2.45, 2.75) is 6.61 Å². The number of aromatic amines is 1. The number of aromatic nitrogens is 3. The topological polar surface area (TPSA) is 111 Å². The number of carbonyl (C=O) groups excluding carboxylic acids is 1. The summed E-state index contributed by atoms with van der Waals surface area (Å²) < 4.78 is 4.90. The van der Waals surface area contributed by atoms with Gasteiger partial charge in [-0.15, -0.1) is 5.10 Å². The van der Waals surface area contributed by atoms with Crippen molar-refractivity contribution in [1.82, 2.24) is 15.4 Å². The van der Waals surface area contributed by atoms with E-state index in [9.17, 15) is 14.9 Å². The molecule has 0 saturated heterocycles. The summed E-state index contributed by atoms with van der Waals surface area (Å²) in [5, 5.41) is 19.1. The fourth-order valence-electron chi connectivity index (χ4n) is 1.28. The Morgan fingerprint density at radius 2 is 2.11 bits per heavy atom. The van der Waals surface area contributed by atoms with Crippen molar-refractivity contribution >= 4 is 11.8 Å². The Bertz CT molecular complexity index is 566. The summed E-state index contributed by atoms with van der Waals surface area (Å²) in [4.78, 5) is 21.3. The molecular weight excluding hydrogens is 240 g/mol. The van der Waals surface area contributed by atoms with Gasteiger partial charge in [0.25, 0.3) is 5.69 Å². The first-order valence-corrected chi connectivity index (χ1v) is 4.95. The van der Waals surface area contributed by atoms with Gasteiger partial charge in [0, 0.05) is 5.21 Å². The summed E-state index contributed by atoms with van der Waals surface area (Å²) in [6.45, 7) is 0.0175. The molecule has 0 saturated carbocycles. The maximum Gasteiger partial charge on any atom is 0.377 e. The Morgan fingerprint density at radius 3 is 2.78 bits per heavy atom. The third-order valence-corrected chi connectivity index (χ3v) is 2.12. The molecule has 0 amide bonds. The van der Waals surface area contributed by atoms with Crippen molar-refractivity contribution in [2.24, 2.45) is 0 Å². The molecule has 0 spiro atoms. The van der Waals surface area contributed by atoms with Crippen LogP contribution in [0.2, 0.25) is 0 Å². The van der Waals surface area contributed by atoms with Crippen LogP contribution < -0.4 is 0 Å². The van der Waals surface area contributed by atoms with Crippen molar-refractivity contribution in [3.63, 3.8) is 0 Å². The first-order valence-electron chi connectivity index (χ1n) is 4.95. The molecule has 1 aromatic heterocycles. The van der Waals surface area contributed by atoms with E-state index in [1.165, 1.54) is 0 Å². The van der Waals surface area contributed by atoms with E-state index < -0.39 is 22.4 Å². The van der Waals surface area contributed by atoms with Crippen molar-refractivity contribution in [3.05, 3.63) is 51.7 Å². The summed E-state index contributed by atoms with van der Waals surface area (Å²) in [7, 11) is 0. The van der Waals surface area contributed by atoms with Crippen LogP contribution in [0.3, 0.4) is 0 Å². The van der Waals surface area contributed by atoms with Gasteiger partial charge in [-0.3, -0.25) is 0 Å². The highest BCUT2D eigenvalue weighted by atomic mass is 16.6. The van der Waals surface area contributed by atoms with E-state index in [0.29, 0.717) is 0 Å². The first-order chi connectivity index (χ1) is 8.68. The average molecular weight is 248 g/mol. The lowest BCUT2D eigenvalue weighted by Gasteiger charge is -2.02. The lowest BCUT2D eigenvalue weighted by Crippen LogP contribution is -2.08. The van der Waals surface area contributed by atoms with Gasteiger partial charge < -0.3 is 14.9 Å². The molecule has 8 heteroatoms. The number of hydrogen-bond donors (Lipinski definition) is 1. The van der Waals surface area contributed by atoms with E-state index in [0.717, 1.165) is 5.56 Å². The third-order valence-electron chi connectivity index (χ3n) is 2.12. The minimum Gasteiger partial charge on any atom is -0.456 e. The van der Waals surface area contributed by atoms with Gasteiger partial charge >= 0.3 is 11.8 Å². The lowest BCUT2D eigenvalue weighted by molar-refractivity contribution is -0.390. The lowest BCUT2D eigenvalue weighted by atomic mass is 10.2. The molecule has 1 N–H and O–H groups in total. The Balaban J connectivity index is 2.04. The summed E-state index contributed by atoms with van der Waals surface area (Å²) in [6.07, 6.45) is 0. The van der Waals surface area contributed by atoms with Crippen LogP contribution in [0.4, 0.5) is 5.82 Å². The normalized spacial score (nSPS) is 10.0. The number of esters is 1. The first kappa shape index (κ1) is 11.7. The Kier molecular flexibility index (Phi) is 3.28. The number of ether oxygens (including phenoxy) is 1. The molecule has 0 radical (unpaired) electrons. The largest absolute Gasteiger partial charge is 0.456 e. The van der Waals surface area contributed by atoms with Gasteiger partial charge in [0.1, 0.15) is 6.61 Å². The Morgan fingerprint density at radius 1 is 1.39 bits per heavy atom. The smallest absolute Gasteiger partial charge is 0.377 e. The maximum atomic E-state index is 11.6. The number of nitrogens with zero attached hydrogens (tertiary/aromatic N) is 3. The van der Waals surface area contributed by atoms with Gasteiger partial charge in [-0.05, 0) is 10.5 Å². The number of rotatable bonds is 4. The zero-order valence-corrected chi connectivity index (χ0v) is 9.07. The Hall–Kier alpha value is -2.77. The fourth-order valence-corrected chi connectivity index (χ4v) is 1.28. The SMILES string of the molecule is O=C(OCc1ccccc1)c1nn[nH]c1[N+](=O)[O-]. The van der Waals surface area contributed by atoms with Crippen LogP contribution in [0, 0.1) is 10.1 Å². The van der Waals surface area contributed by atoms with Crippen molar-refractivity contribution in [1.29, 1.82) is 0 Å². The van der Waals surface area contributed by atoms with Crippen LogP contribution in [0.1, 0.15) is 16.1 Å². The monoisotopic (exact) mass is 248 g/mol. The van der Waals surface area contributed by atoms with Gasteiger partial charge in [-0.2, -0.15) is 0 Å². The molecule has 18 heavy (non-hydrogen) atoms. The summed E-state index contributed by atoms with van der Waals surface area (Å²) in [5.74, 6) is -1.47. The van der Waals surface area contributed by atoms with Gasteiger partial charge in [0.15, 0.2) is 0 Å². The molecule has 0 unspecified atom stereocenters. The molecule has 1 aromatic carbocycles. The summed E-state index contributed by atoms with van der Waals surface area (Å²) in [5.41, 5.74) is 0.341. The summed E-state index contributed by atoms with van der Waals surface area (Å²) >= 11 is 0. The zero-order chi connectivity index (χ0) is 13.0. The predicted molar refractivity (Wildman–Crippen MR) is 58.6 cm³/mol. The minimum atomic E-state index is -0.890. The number of benzene rings is 1. The molecule has 1 heterocycles. The Labute approximate surface area is 101 Å². The van der Waals surface area contributed by atoms with Crippen LogP contribution >= 0.6 is 0 Å². The number of nitro groups is 1. The van der Waals surface area contributed by atoms with E-state index >= 15 is 0 Å². The maximum absolute atomic E-state index is 11.6. The second kappa shape index (κ2) is 5.04. The quantitative estimate of drug-likeness (QED) is 0.492. The second-order valence-corrected chi connectivity index (χ2v) is 3.33. The average Bonchev–Trinajstić information content (AvgIpc) is 2.86. The number of H-pyrrole nitrogens is 1. The van der Waals surface area contributed by atoms with Crippen molar-refractivity contribution in [2.75, 3.05) is 0 Å². The molecule has 8 nitrogen and oxygen atoms in total. The number of carbonyl (C=O) groups is 1. The van der Waals surface area contributed by atoms with Crippen LogP contribution in [0.5, 0.6) is 0 Å². The molecular formula is C10H8N4O4. The van der Waals surface area contributed by atoms with E-state index in [2.05, 4.69) is 10.3 Å². The summed E-state index contributed by atoms with van der Waals surface area (Å²) in [6, 6.07) is 8.95. The van der Waals surface area contributed by atoms with Crippen LogP contribution in [-0.2, 0) is 11.3 Å². The minimum absolute atomic E-state index is 0.0175. The van der Waals surface area contributed by atoms with E-state index in [1.54, 1.807) is 24.3 Å². The second-order valence-electron chi connectivity index (χ2n) is 3.33. The molecule has 2 aromatic rings. The molecule has 0 aliphatic heterocycles. The molecule has 0 aliphatic carbocycles. The molecule has 0 atom stereocenters. The van der Waals surface area contributed by atoms with Gasteiger partial charge in [0.05, 0.1) is 0 Å². The molecule has 0 aliphatic rings. The zero-order valence-electron chi connectivity index (χ0n) is 9.07. The third kappa shape index (κ3) is 2.48. The van der Waals surface area contributed by atoms with E-state index in [-0.39, 0.29) is 6.61 Å². The standard InChI is InChI=1S/C10H8N4O4/c15-10(8-9(14(16)17)12-13-11-8)18-6-7-4-2-1-3-5-7/h1-5H,6H2,(H,11,12,13). The number of nitrogens with one attached hydrogen (secondary N) is 1. The highest BCUT2D eigenvalue weighted by Gasteiger charge is 2.25. The van der Waals surface area contributed by atoms with Crippen molar-refractivity contribution in [3.8, 4) is 0 Å². The molecule has 92 valence electrons.